The fourth-order valence-electron chi connectivity index (χ4n) is 4.07. The van der Waals surface area contributed by atoms with Crippen molar-refractivity contribution in [3.63, 3.8) is 0 Å². The number of nitrogens with zero attached hydrogens (tertiary/aromatic N) is 4. The van der Waals surface area contributed by atoms with Gasteiger partial charge in [-0.3, -0.25) is 9.59 Å². The highest BCUT2D eigenvalue weighted by Crippen LogP contribution is 2.35. The fourth-order valence-corrected chi connectivity index (χ4v) is 4.07. The first-order valence-corrected chi connectivity index (χ1v) is 11.0. The van der Waals surface area contributed by atoms with E-state index in [2.05, 4.69) is 15.6 Å². The SMILES string of the molecule is CCOC(=O)c1cccc(-c2cn([C@H](C(=O)N3C[C@H](O)C[C@H]3C(=O)NC)C(C)(C)C)nn2)c1. The molecule has 1 aliphatic rings. The second-order valence-electron chi connectivity index (χ2n) is 9.16. The highest BCUT2D eigenvalue weighted by atomic mass is 16.5. The number of aromatic nitrogens is 3. The van der Waals surface area contributed by atoms with Crippen LogP contribution in [0.1, 0.15) is 50.5 Å². The normalized spacial score (nSPS) is 19.3. The summed E-state index contributed by atoms with van der Waals surface area (Å²) in [5, 5.41) is 21.1. The van der Waals surface area contributed by atoms with Crippen molar-refractivity contribution in [3.05, 3.63) is 36.0 Å². The van der Waals surface area contributed by atoms with Gasteiger partial charge in [0.25, 0.3) is 0 Å². The molecule has 0 radical (unpaired) electrons. The maximum absolute atomic E-state index is 13.6. The lowest BCUT2D eigenvalue weighted by molar-refractivity contribution is -0.144. The molecule has 0 aliphatic carbocycles. The number of carbonyl (C=O) groups is 3. The van der Waals surface area contributed by atoms with Crippen LogP contribution in [0.5, 0.6) is 0 Å². The molecule has 0 unspecified atom stereocenters. The first-order valence-electron chi connectivity index (χ1n) is 11.0. The minimum Gasteiger partial charge on any atom is -0.462 e. The maximum Gasteiger partial charge on any atom is 0.338 e. The first-order chi connectivity index (χ1) is 15.6. The molecule has 2 aromatic rings. The van der Waals surface area contributed by atoms with Gasteiger partial charge in [-0.1, -0.05) is 38.1 Å². The summed E-state index contributed by atoms with van der Waals surface area (Å²) >= 11 is 0. The van der Waals surface area contributed by atoms with Crippen LogP contribution in [-0.4, -0.2) is 75.1 Å². The van der Waals surface area contributed by atoms with Gasteiger partial charge in [-0.25, -0.2) is 9.48 Å². The molecule has 2 heterocycles. The maximum atomic E-state index is 13.6. The van der Waals surface area contributed by atoms with Crippen molar-refractivity contribution in [1.29, 1.82) is 0 Å². The molecule has 1 aliphatic heterocycles. The highest BCUT2D eigenvalue weighted by molar-refractivity contribution is 5.91. The molecular formula is C23H31N5O5. The van der Waals surface area contributed by atoms with Crippen LogP contribution in [-0.2, 0) is 14.3 Å². The first kappa shape index (κ1) is 24.4. The number of β-amino-alcohol motifs (C(OH)–C–C–N with tert-alkyl or cyclic N) is 1. The van der Waals surface area contributed by atoms with E-state index in [-0.39, 0.29) is 31.4 Å². The van der Waals surface area contributed by atoms with Crippen LogP contribution in [0.3, 0.4) is 0 Å². The Kier molecular flexibility index (Phi) is 7.16. The summed E-state index contributed by atoms with van der Waals surface area (Å²) in [6, 6.07) is 5.34. The van der Waals surface area contributed by atoms with E-state index < -0.39 is 29.6 Å². The zero-order valence-corrected chi connectivity index (χ0v) is 19.6. The smallest absolute Gasteiger partial charge is 0.338 e. The summed E-state index contributed by atoms with van der Waals surface area (Å²) in [7, 11) is 1.51. The third-order valence-corrected chi connectivity index (χ3v) is 5.61. The van der Waals surface area contributed by atoms with Crippen LogP contribution >= 0.6 is 0 Å². The summed E-state index contributed by atoms with van der Waals surface area (Å²) in [5.74, 6) is -1.06. The molecule has 178 valence electrons. The molecule has 1 saturated heterocycles. The van der Waals surface area contributed by atoms with Gasteiger partial charge < -0.3 is 20.1 Å². The van der Waals surface area contributed by atoms with E-state index in [9.17, 15) is 19.5 Å². The predicted molar refractivity (Wildman–Crippen MR) is 120 cm³/mol. The van der Waals surface area contributed by atoms with Gasteiger partial charge in [-0.05, 0) is 24.5 Å². The van der Waals surface area contributed by atoms with Crippen molar-refractivity contribution in [2.24, 2.45) is 5.41 Å². The largest absolute Gasteiger partial charge is 0.462 e. The number of hydrogen-bond donors (Lipinski definition) is 2. The second kappa shape index (κ2) is 9.70. The number of carbonyl (C=O) groups excluding carboxylic acids is 3. The van der Waals surface area contributed by atoms with Gasteiger partial charge in [0, 0.05) is 25.6 Å². The third-order valence-electron chi connectivity index (χ3n) is 5.61. The summed E-state index contributed by atoms with van der Waals surface area (Å²) in [5.41, 5.74) is 0.987. The highest BCUT2D eigenvalue weighted by Gasteiger charge is 2.45. The Hall–Kier alpha value is -3.27. The van der Waals surface area contributed by atoms with Crippen LogP contribution in [0, 0.1) is 5.41 Å². The molecule has 1 fully saturated rings. The molecule has 0 saturated carbocycles. The summed E-state index contributed by atoms with van der Waals surface area (Å²) in [4.78, 5) is 39.4. The molecule has 2 N–H and O–H groups in total. The molecule has 2 amide bonds. The average molecular weight is 458 g/mol. The monoisotopic (exact) mass is 457 g/mol. The van der Waals surface area contributed by atoms with Crippen LogP contribution < -0.4 is 5.32 Å². The van der Waals surface area contributed by atoms with Crippen molar-refractivity contribution < 1.29 is 24.2 Å². The van der Waals surface area contributed by atoms with E-state index >= 15 is 0 Å². The molecule has 1 aromatic carbocycles. The van der Waals surface area contributed by atoms with Crippen molar-refractivity contribution in [3.8, 4) is 11.3 Å². The Morgan fingerprint density at radius 2 is 2.03 bits per heavy atom. The number of rotatable bonds is 6. The second-order valence-corrected chi connectivity index (χ2v) is 9.16. The number of ether oxygens (including phenoxy) is 1. The molecule has 33 heavy (non-hydrogen) atoms. The van der Waals surface area contributed by atoms with Crippen molar-refractivity contribution in [1.82, 2.24) is 25.2 Å². The summed E-state index contributed by atoms with van der Waals surface area (Å²) in [6.45, 7) is 7.80. The van der Waals surface area contributed by atoms with Crippen LogP contribution in [0.4, 0.5) is 0 Å². The van der Waals surface area contributed by atoms with E-state index in [1.807, 2.05) is 20.8 Å². The quantitative estimate of drug-likeness (QED) is 0.628. The van der Waals surface area contributed by atoms with Gasteiger partial charge in [-0.2, -0.15) is 0 Å². The molecule has 10 heteroatoms. The summed E-state index contributed by atoms with van der Waals surface area (Å²) in [6.07, 6.45) is 1.07. The minimum absolute atomic E-state index is 0.0760. The van der Waals surface area contributed by atoms with Gasteiger partial charge in [0.1, 0.15) is 17.8 Å². The molecule has 3 rings (SSSR count). The summed E-state index contributed by atoms with van der Waals surface area (Å²) < 4.78 is 6.55. The number of aliphatic hydroxyl groups excluding tert-OH is 1. The Labute approximate surface area is 192 Å². The average Bonchev–Trinajstić information content (AvgIpc) is 3.39. The lowest BCUT2D eigenvalue weighted by Gasteiger charge is -2.34. The topological polar surface area (TPSA) is 127 Å². The molecule has 3 atom stereocenters. The molecule has 0 bridgehead atoms. The number of aliphatic hydroxyl groups is 1. The number of amides is 2. The van der Waals surface area contributed by atoms with E-state index in [4.69, 9.17) is 4.74 Å². The zero-order chi connectivity index (χ0) is 24.3. The van der Waals surface area contributed by atoms with Gasteiger partial charge in [0.05, 0.1) is 24.5 Å². The number of hydrogen-bond acceptors (Lipinski definition) is 7. The van der Waals surface area contributed by atoms with Gasteiger partial charge in [0.2, 0.25) is 11.8 Å². The number of likely N-dealkylation sites (tertiary alicyclic amines) is 1. The number of nitrogens with one attached hydrogen (secondary N) is 1. The Balaban J connectivity index is 1.93. The molecule has 10 nitrogen and oxygen atoms in total. The standard InChI is InChI=1S/C23H31N5O5/c1-6-33-22(32)15-9-7-8-14(10-15)17-13-28(26-25-17)19(23(2,3)4)21(31)27-12-16(29)11-18(27)20(30)24-5/h7-10,13,16,18-19,29H,6,11-12H2,1-5H3,(H,24,30)/t16-,18+,19-/m1/s1. The van der Waals surface area contributed by atoms with Gasteiger partial charge in [-0.15, -0.1) is 5.10 Å². The van der Waals surface area contributed by atoms with Crippen LogP contribution in [0.25, 0.3) is 11.3 Å². The molecule has 1 aromatic heterocycles. The Bertz CT molecular complexity index is 1030. The minimum atomic E-state index is -0.770. The van der Waals surface area contributed by atoms with Crippen molar-refractivity contribution in [2.75, 3.05) is 20.2 Å². The zero-order valence-electron chi connectivity index (χ0n) is 19.6. The number of benzene rings is 1. The number of esters is 1. The fraction of sp³-hybridized carbons (Fsp3) is 0.522. The van der Waals surface area contributed by atoms with E-state index in [1.165, 1.54) is 16.6 Å². The van der Waals surface area contributed by atoms with E-state index in [1.54, 1.807) is 37.4 Å². The molecular weight excluding hydrogens is 426 g/mol. The van der Waals surface area contributed by atoms with E-state index in [0.717, 1.165) is 0 Å². The molecule has 0 spiro atoms. The van der Waals surface area contributed by atoms with Gasteiger partial charge in [0.15, 0.2) is 0 Å². The van der Waals surface area contributed by atoms with Crippen LogP contribution in [0.15, 0.2) is 30.5 Å². The van der Waals surface area contributed by atoms with E-state index in [0.29, 0.717) is 16.8 Å². The predicted octanol–water partition coefficient (Wildman–Crippen LogP) is 1.42. The Morgan fingerprint density at radius 1 is 1.30 bits per heavy atom. The van der Waals surface area contributed by atoms with Crippen molar-refractivity contribution >= 4 is 17.8 Å². The lowest BCUT2D eigenvalue weighted by atomic mass is 9.85. The Morgan fingerprint density at radius 3 is 2.67 bits per heavy atom. The number of likely N-dealkylation sites (N-methyl/N-ethyl adjacent to an activating group) is 1. The lowest BCUT2D eigenvalue weighted by Crippen LogP contribution is -2.49. The van der Waals surface area contributed by atoms with Crippen molar-refractivity contribution in [2.45, 2.75) is 52.3 Å². The third kappa shape index (κ3) is 5.22. The van der Waals surface area contributed by atoms with Gasteiger partial charge >= 0.3 is 5.97 Å². The van der Waals surface area contributed by atoms with Crippen LogP contribution in [0.2, 0.25) is 0 Å².